The first kappa shape index (κ1) is 12.1. The zero-order valence-electron chi connectivity index (χ0n) is 9.11. The highest BCUT2D eigenvalue weighted by atomic mass is 32.1. The van der Waals surface area contributed by atoms with E-state index in [4.69, 9.17) is 4.84 Å². The fraction of sp³-hybridized carbons (Fsp3) is 0.667. The van der Waals surface area contributed by atoms with E-state index in [-0.39, 0.29) is 5.91 Å². The Bertz CT molecular complexity index is 325. The smallest absolute Gasteiger partial charge is 0.273 e. The molecule has 0 saturated carbocycles. The fourth-order valence-electron chi connectivity index (χ4n) is 0.933. The van der Waals surface area contributed by atoms with E-state index in [9.17, 15) is 4.79 Å². The van der Waals surface area contributed by atoms with Crippen LogP contribution >= 0.6 is 11.5 Å². The maximum absolute atomic E-state index is 11.6. The Morgan fingerprint density at radius 3 is 2.93 bits per heavy atom. The van der Waals surface area contributed by atoms with Crippen molar-refractivity contribution in [3.63, 3.8) is 0 Å². The second-order valence-corrected chi connectivity index (χ2v) is 4.29. The topological polar surface area (TPSA) is 64.1 Å². The molecular formula is C9H15N3O2S. The molecule has 1 rings (SSSR count). The number of amides is 1. The van der Waals surface area contributed by atoms with Gasteiger partial charge in [0.1, 0.15) is 4.88 Å². The van der Waals surface area contributed by atoms with E-state index in [1.165, 1.54) is 0 Å². The lowest BCUT2D eigenvalue weighted by Gasteiger charge is -2.06. The van der Waals surface area contributed by atoms with Crippen LogP contribution in [-0.4, -0.2) is 22.1 Å². The zero-order chi connectivity index (χ0) is 11.3. The van der Waals surface area contributed by atoms with Gasteiger partial charge in [-0.1, -0.05) is 25.3 Å². The predicted octanol–water partition coefficient (Wildman–Crippen LogP) is 1.42. The van der Waals surface area contributed by atoms with Crippen LogP contribution in [0.4, 0.5) is 0 Å². The van der Waals surface area contributed by atoms with Gasteiger partial charge in [0, 0.05) is 0 Å². The van der Waals surface area contributed by atoms with Crippen molar-refractivity contribution in [2.75, 3.05) is 6.61 Å². The van der Waals surface area contributed by atoms with Crippen LogP contribution in [0.1, 0.15) is 36.1 Å². The van der Waals surface area contributed by atoms with E-state index in [1.54, 1.807) is 0 Å². The molecule has 1 aromatic rings. The highest BCUT2D eigenvalue weighted by Gasteiger charge is 2.14. The lowest BCUT2D eigenvalue weighted by atomic mass is 10.2. The molecule has 0 aliphatic rings. The Kier molecular flexibility index (Phi) is 4.64. The molecule has 84 valence electrons. The summed E-state index contributed by atoms with van der Waals surface area (Å²) in [4.78, 5) is 17.1. The van der Waals surface area contributed by atoms with E-state index >= 15 is 0 Å². The minimum Gasteiger partial charge on any atom is -0.273 e. The molecule has 5 nitrogen and oxygen atoms in total. The summed E-state index contributed by atoms with van der Waals surface area (Å²) in [5, 5.41) is 3.85. The number of rotatable bonds is 5. The van der Waals surface area contributed by atoms with Crippen molar-refractivity contribution in [1.82, 2.24) is 15.1 Å². The number of hydrogen-bond donors (Lipinski definition) is 1. The summed E-state index contributed by atoms with van der Waals surface area (Å²) in [6.07, 6.45) is 0.698. The standard InChI is InChI=1S/C9H15N3O2S/c1-4-7-8(15-12-10-7)9(13)11-14-5-6(2)3/h6H,4-5H2,1-3H3,(H,11,13). The summed E-state index contributed by atoms with van der Waals surface area (Å²) in [5.74, 6) is 0.123. The van der Waals surface area contributed by atoms with Crippen LogP contribution in [0.15, 0.2) is 0 Å². The summed E-state index contributed by atoms with van der Waals surface area (Å²) in [5.41, 5.74) is 3.10. The molecule has 0 fully saturated rings. The van der Waals surface area contributed by atoms with Gasteiger partial charge >= 0.3 is 0 Å². The van der Waals surface area contributed by atoms with Crippen LogP contribution < -0.4 is 5.48 Å². The van der Waals surface area contributed by atoms with Crippen molar-refractivity contribution in [2.24, 2.45) is 5.92 Å². The van der Waals surface area contributed by atoms with Gasteiger partial charge < -0.3 is 0 Å². The molecule has 15 heavy (non-hydrogen) atoms. The summed E-state index contributed by atoms with van der Waals surface area (Å²) in [7, 11) is 0. The van der Waals surface area contributed by atoms with Crippen molar-refractivity contribution in [2.45, 2.75) is 27.2 Å². The minimum absolute atomic E-state index is 0.262. The number of nitrogens with zero attached hydrogens (tertiary/aromatic N) is 2. The Hall–Kier alpha value is -1.01. The number of hydrogen-bond acceptors (Lipinski definition) is 5. The molecule has 0 unspecified atom stereocenters. The maximum atomic E-state index is 11.6. The van der Waals surface area contributed by atoms with Gasteiger partial charge in [0.05, 0.1) is 12.3 Å². The average molecular weight is 229 g/mol. The summed E-state index contributed by atoms with van der Waals surface area (Å²) in [6.45, 7) is 6.46. The molecule has 0 saturated heterocycles. The fourth-order valence-corrected chi connectivity index (χ4v) is 1.57. The predicted molar refractivity (Wildman–Crippen MR) is 57.5 cm³/mol. The monoisotopic (exact) mass is 229 g/mol. The van der Waals surface area contributed by atoms with Crippen LogP contribution in [0.3, 0.4) is 0 Å². The molecule has 0 aliphatic heterocycles. The first-order valence-corrected chi connectivity index (χ1v) is 5.65. The first-order chi connectivity index (χ1) is 7.15. The normalized spacial score (nSPS) is 10.7. The third-order valence-electron chi connectivity index (χ3n) is 1.68. The van der Waals surface area contributed by atoms with Crippen LogP contribution in [0.2, 0.25) is 0 Å². The van der Waals surface area contributed by atoms with Gasteiger partial charge in [-0.25, -0.2) is 5.48 Å². The van der Waals surface area contributed by atoms with Crippen LogP contribution in [0.25, 0.3) is 0 Å². The number of hydroxylamine groups is 1. The molecule has 0 atom stereocenters. The van der Waals surface area contributed by atoms with E-state index in [2.05, 4.69) is 15.1 Å². The van der Waals surface area contributed by atoms with Crippen molar-refractivity contribution in [1.29, 1.82) is 0 Å². The molecule has 0 bridgehead atoms. The Balaban J connectivity index is 2.47. The molecule has 0 aromatic carbocycles. The molecule has 0 aliphatic carbocycles. The average Bonchev–Trinajstić information content (AvgIpc) is 2.64. The van der Waals surface area contributed by atoms with Crippen molar-refractivity contribution >= 4 is 17.4 Å². The molecule has 1 aromatic heterocycles. The molecule has 1 amide bonds. The van der Waals surface area contributed by atoms with Crippen LogP contribution in [0, 0.1) is 5.92 Å². The van der Waals surface area contributed by atoms with Crippen LogP contribution in [0.5, 0.6) is 0 Å². The summed E-state index contributed by atoms with van der Waals surface area (Å²) < 4.78 is 3.73. The number of aromatic nitrogens is 2. The van der Waals surface area contributed by atoms with E-state index < -0.39 is 0 Å². The second-order valence-electron chi connectivity index (χ2n) is 3.54. The zero-order valence-corrected chi connectivity index (χ0v) is 9.93. The third kappa shape index (κ3) is 3.56. The molecule has 6 heteroatoms. The van der Waals surface area contributed by atoms with E-state index in [1.807, 2.05) is 20.8 Å². The largest absolute Gasteiger partial charge is 0.288 e. The van der Waals surface area contributed by atoms with Crippen molar-refractivity contribution in [3.8, 4) is 0 Å². The van der Waals surface area contributed by atoms with Gasteiger partial charge in [0.2, 0.25) is 0 Å². The lowest BCUT2D eigenvalue weighted by molar-refractivity contribution is 0.0211. The number of carbonyl (C=O) groups is 1. The number of carbonyl (C=O) groups excluding carboxylic acids is 1. The number of nitrogens with one attached hydrogen (secondary N) is 1. The van der Waals surface area contributed by atoms with Gasteiger partial charge in [-0.05, 0) is 23.9 Å². The second kappa shape index (κ2) is 5.77. The summed E-state index contributed by atoms with van der Waals surface area (Å²) in [6, 6.07) is 0. The van der Waals surface area contributed by atoms with Gasteiger partial charge in [-0.2, -0.15) is 0 Å². The van der Waals surface area contributed by atoms with E-state index in [0.29, 0.717) is 29.5 Å². The Morgan fingerprint density at radius 2 is 2.33 bits per heavy atom. The molecule has 1 heterocycles. The Morgan fingerprint density at radius 1 is 1.60 bits per heavy atom. The Labute approximate surface area is 93.0 Å². The molecule has 0 spiro atoms. The van der Waals surface area contributed by atoms with Gasteiger partial charge in [-0.15, -0.1) is 5.10 Å². The number of aryl methyl sites for hydroxylation is 1. The van der Waals surface area contributed by atoms with Gasteiger partial charge in [0.25, 0.3) is 5.91 Å². The molecular weight excluding hydrogens is 214 g/mol. The molecule has 1 N–H and O–H groups in total. The van der Waals surface area contributed by atoms with E-state index in [0.717, 1.165) is 11.5 Å². The van der Waals surface area contributed by atoms with Gasteiger partial charge in [-0.3, -0.25) is 9.63 Å². The van der Waals surface area contributed by atoms with Crippen molar-refractivity contribution < 1.29 is 9.63 Å². The van der Waals surface area contributed by atoms with Crippen LogP contribution in [-0.2, 0) is 11.3 Å². The minimum atomic E-state index is -0.262. The maximum Gasteiger partial charge on any atom is 0.288 e. The molecule has 0 radical (unpaired) electrons. The van der Waals surface area contributed by atoms with Crippen molar-refractivity contribution in [3.05, 3.63) is 10.6 Å². The SMILES string of the molecule is CCc1nnsc1C(=O)NOCC(C)C. The third-order valence-corrected chi connectivity index (χ3v) is 2.45. The summed E-state index contributed by atoms with van der Waals surface area (Å²) >= 11 is 1.09. The highest BCUT2D eigenvalue weighted by molar-refractivity contribution is 7.07. The highest BCUT2D eigenvalue weighted by Crippen LogP contribution is 2.10. The first-order valence-electron chi connectivity index (χ1n) is 4.88. The lowest BCUT2D eigenvalue weighted by Crippen LogP contribution is -2.25. The quantitative estimate of drug-likeness (QED) is 0.775. The van der Waals surface area contributed by atoms with Gasteiger partial charge in [0.15, 0.2) is 0 Å².